The molecule has 33 heavy (non-hydrogen) atoms. The summed E-state index contributed by atoms with van der Waals surface area (Å²) in [5.41, 5.74) is -0.342. The number of rotatable bonds is 7. The van der Waals surface area contributed by atoms with Crippen LogP contribution in [0.25, 0.3) is 0 Å². The lowest BCUT2D eigenvalue weighted by atomic mass is 9.45. The van der Waals surface area contributed by atoms with E-state index in [2.05, 4.69) is 39.9 Å². The van der Waals surface area contributed by atoms with Crippen molar-refractivity contribution < 1.29 is 13.7 Å². The van der Waals surface area contributed by atoms with E-state index in [1.165, 1.54) is 64.2 Å². The minimum atomic E-state index is -1.80. The highest BCUT2D eigenvalue weighted by Gasteiger charge is 2.59. The van der Waals surface area contributed by atoms with Crippen molar-refractivity contribution in [2.45, 2.75) is 140 Å². The van der Waals surface area contributed by atoms with E-state index >= 15 is 0 Å². The Bertz CT molecular complexity index is 666. The Morgan fingerprint density at radius 1 is 0.909 bits per heavy atom. The third-order valence-electron chi connectivity index (χ3n) is 10.1. The summed E-state index contributed by atoms with van der Waals surface area (Å²) in [4.78, 5) is 0. The van der Waals surface area contributed by atoms with Crippen LogP contribution < -0.4 is 0 Å². The van der Waals surface area contributed by atoms with E-state index in [0.29, 0.717) is 18.4 Å². The number of nitrogens with zero attached hydrogens (tertiary/aromatic N) is 1. The van der Waals surface area contributed by atoms with Gasteiger partial charge in [0.15, 0.2) is 8.32 Å². The largest absolute Gasteiger partial charge is 0.462 e. The molecule has 4 aliphatic rings. The van der Waals surface area contributed by atoms with Gasteiger partial charge in [-0.2, -0.15) is 5.26 Å². The van der Waals surface area contributed by atoms with E-state index in [0.717, 1.165) is 19.3 Å². The zero-order valence-corrected chi connectivity index (χ0v) is 23.0. The summed E-state index contributed by atoms with van der Waals surface area (Å²) in [6.07, 6.45) is 16.6. The molecule has 1 heterocycles. The van der Waals surface area contributed by atoms with Gasteiger partial charge in [-0.15, -0.1) is 0 Å². The standard InChI is InChI=1S/C27H48BNO3Si/c1-26(2,3)33(4,5)30-19-18-27(20-29)17-16-23(27)28-31-24(21-12-8-6-9-13-21)25(32-28)22-14-10-7-11-15-22/h21-25H,6-19H2,1-5H3/t23-,24-,25-,27-/m1/s1. The predicted molar refractivity (Wildman–Crippen MR) is 137 cm³/mol. The first-order valence-electron chi connectivity index (χ1n) is 14.0. The topological polar surface area (TPSA) is 51.5 Å². The van der Waals surface area contributed by atoms with E-state index in [9.17, 15) is 5.26 Å². The fourth-order valence-electron chi connectivity index (χ4n) is 6.64. The second kappa shape index (κ2) is 10.3. The van der Waals surface area contributed by atoms with Gasteiger partial charge in [-0.3, -0.25) is 0 Å². The molecule has 4 atom stereocenters. The minimum absolute atomic E-state index is 0.190. The smallest absolute Gasteiger partial charge is 0.417 e. The molecule has 3 saturated carbocycles. The molecule has 0 bridgehead atoms. The summed E-state index contributed by atoms with van der Waals surface area (Å²) in [7, 11) is -1.99. The van der Waals surface area contributed by atoms with Crippen LogP contribution in [0.5, 0.6) is 0 Å². The average molecular weight is 474 g/mol. The van der Waals surface area contributed by atoms with Gasteiger partial charge in [0.2, 0.25) is 0 Å². The highest BCUT2D eigenvalue weighted by molar-refractivity contribution is 6.74. The van der Waals surface area contributed by atoms with Crippen molar-refractivity contribution in [1.82, 2.24) is 0 Å². The molecule has 1 aliphatic heterocycles. The van der Waals surface area contributed by atoms with Gasteiger partial charge in [0.05, 0.1) is 23.7 Å². The van der Waals surface area contributed by atoms with Crippen LogP contribution in [0.1, 0.15) is 104 Å². The van der Waals surface area contributed by atoms with Gasteiger partial charge in [-0.1, -0.05) is 59.3 Å². The molecule has 0 spiro atoms. The lowest BCUT2D eigenvalue weighted by Gasteiger charge is -2.46. The third kappa shape index (κ3) is 5.42. The van der Waals surface area contributed by atoms with Crippen LogP contribution in [-0.2, 0) is 13.7 Å². The summed E-state index contributed by atoms with van der Waals surface area (Å²) >= 11 is 0. The van der Waals surface area contributed by atoms with Gasteiger partial charge < -0.3 is 13.7 Å². The van der Waals surface area contributed by atoms with Crippen molar-refractivity contribution in [3.05, 3.63) is 0 Å². The molecule has 4 nitrogen and oxygen atoms in total. The zero-order valence-electron chi connectivity index (χ0n) is 22.0. The van der Waals surface area contributed by atoms with E-state index in [4.69, 9.17) is 13.7 Å². The van der Waals surface area contributed by atoms with Crippen LogP contribution in [0.2, 0.25) is 23.9 Å². The van der Waals surface area contributed by atoms with Crippen LogP contribution in [0.4, 0.5) is 0 Å². The average Bonchev–Trinajstić information content (AvgIpc) is 3.21. The maximum absolute atomic E-state index is 10.3. The van der Waals surface area contributed by atoms with Crippen LogP contribution in [-0.4, -0.2) is 34.3 Å². The van der Waals surface area contributed by atoms with Gasteiger partial charge >= 0.3 is 7.12 Å². The Morgan fingerprint density at radius 2 is 1.42 bits per heavy atom. The molecule has 4 fully saturated rings. The van der Waals surface area contributed by atoms with Crippen molar-refractivity contribution in [1.29, 1.82) is 5.26 Å². The first kappa shape index (κ1) is 25.7. The first-order chi connectivity index (χ1) is 15.7. The van der Waals surface area contributed by atoms with Crippen molar-refractivity contribution in [2.24, 2.45) is 17.3 Å². The highest BCUT2D eigenvalue weighted by atomic mass is 28.4. The molecule has 186 valence electrons. The van der Waals surface area contributed by atoms with Crippen LogP contribution >= 0.6 is 0 Å². The van der Waals surface area contributed by atoms with Crippen LogP contribution in [0.15, 0.2) is 0 Å². The van der Waals surface area contributed by atoms with Crippen molar-refractivity contribution in [3.63, 3.8) is 0 Å². The molecule has 0 aromatic rings. The molecule has 0 aromatic heterocycles. The highest BCUT2D eigenvalue weighted by Crippen LogP contribution is 2.57. The Labute approximate surface area is 204 Å². The monoisotopic (exact) mass is 473 g/mol. The Hall–Kier alpha value is -0.348. The maximum atomic E-state index is 10.3. The van der Waals surface area contributed by atoms with E-state index in [1.54, 1.807) is 0 Å². The van der Waals surface area contributed by atoms with E-state index < -0.39 is 8.32 Å². The summed E-state index contributed by atoms with van der Waals surface area (Å²) in [6.45, 7) is 12.1. The quantitative estimate of drug-likeness (QED) is 0.359. The van der Waals surface area contributed by atoms with Crippen LogP contribution in [0.3, 0.4) is 0 Å². The second-order valence-electron chi connectivity index (χ2n) is 13.1. The number of hydrogen-bond donors (Lipinski definition) is 0. The van der Waals surface area contributed by atoms with Crippen molar-refractivity contribution in [2.75, 3.05) is 6.61 Å². The molecule has 0 amide bonds. The molecule has 6 heteroatoms. The third-order valence-corrected chi connectivity index (χ3v) is 14.7. The van der Waals surface area contributed by atoms with Gasteiger partial charge in [0, 0.05) is 12.4 Å². The molecular weight excluding hydrogens is 425 g/mol. The first-order valence-corrected chi connectivity index (χ1v) is 16.9. The molecule has 0 aromatic carbocycles. The lowest BCUT2D eigenvalue weighted by molar-refractivity contribution is 0.0324. The van der Waals surface area contributed by atoms with Crippen molar-refractivity contribution >= 4 is 15.4 Å². The molecule has 0 radical (unpaired) electrons. The van der Waals surface area contributed by atoms with E-state index in [-0.39, 0.29) is 35.6 Å². The molecule has 0 N–H and O–H groups in total. The molecule has 3 aliphatic carbocycles. The van der Waals surface area contributed by atoms with Gasteiger partial charge in [0.1, 0.15) is 0 Å². The zero-order chi connectivity index (χ0) is 23.7. The van der Waals surface area contributed by atoms with E-state index in [1.807, 2.05) is 0 Å². The normalized spacial score (nSPS) is 34.8. The van der Waals surface area contributed by atoms with Gasteiger partial charge in [-0.25, -0.2) is 0 Å². The molecular formula is C27H48BNO3Si. The van der Waals surface area contributed by atoms with Crippen LogP contribution in [0, 0.1) is 28.6 Å². The lowest BCUT2D eigenvalue weighted by Crippen LogP contribution is -2.47. The predicted octanol–water partition coefficient (Wildman–Crippen LogP) is 7.51. The van der Waals surface area contributed by atoms with Crippen molar-refractivity contribution in [3.8, 4) is 6.07 Å². The Kier molecular flexibility index (Phi) is 8.06. The molecule has 4 rings (SSSR count). The summed E-state index contributed by atoms with van der Waals surface area (Å²) in [5, 5.41) is 10.5. The number of nitriles is 1. The maximum Gasteiger partial charge on any atom is 0.462 e. The molecule has 0 unspecified atom stereocenters. The fraction of sp³-hybridized carbons (Fsp3) is 0.963. The fourth-order valence-corrected chi connectivity index (χ4v) is 7.68. The van der Waals surface area contributed by atoms with Gasteiger partial charge in [-0.05, 0) is 74.9 Å². The van der Waals surface area contributed by atoms with Gasteiger partial charge in [0.25, 0.3) is 0 Å². The summed E-state index contributed by atoms with van der Waals surface area (Å²) in [5.74, 6) is 1.49. The number of hydrogen-bond acceptors (Lipinski definition) is 4. The SMILES string of the molecule is CC(C)(C)[Si](C)(C)OCC[C@@]1(C#N)CC[C@H]1B1O[C@H](C2CCCCC2)[C@@H](C2CCCCC2)O1. The summed E-state index contributed by atoms with van der Waals surface area (Å²) in [6, 6.07) is 2.73. The minimum Gasteiger partial charge on any atom is -0.417 e. The molecule has 1 saturated heterocycles. The second-order valence-corrected chi connectivity index (χ2v) is 17.9. The Balaban J connectivity index is 1.42. The Morgan fingerprint density at radius 3 is 1.82 bits per heavy atom. The summed E-state index contributed by atoms with van der Waals surface area (Å²) < 4.78 is 20.1.